The van der Waals surface area contributed by atoms with Crippen molar-refractivity contribution in [3.63, 3.8) is 0 Å². The van der Waals surface area contributed by atoms with Gasteiger partial charge in [0.15, 0.2) is 5.16 Å². The Hall–Kier alpha value is -2.33. The molecule has 0 aliphatic carbocycles. The van der Waals surface area contributed by atoms with Crippen LogP contribution in [-0.2, 0) is 9.53 Å². The Bertz CT molecular complexity index is 971. The number of methoxy groups -OCH3 is 1. The quantitative estimate of drug-likeness (QED) is 0.497. The third kappa shape index (κ3) is 5.68. The number of aromatic nitrogens is 2. The Kier molecular flexibility index (Phi) is 7.63. The SMILES string of the molecule is COc1cccc(-n2ccnc2SCC(=O)NC[C@@H](c2cccs2)N2CCOCC2)c1. The second-order valence-corrected chi connectivity index (χ2v) is 8.98. The van der Waals surface area contributed by atoms with Crippen LogP contribution in [0.25, 0.3) is 5.69 Å². The molecule has 3 heterocycles. The Morgan fingerprint density at radius 2 is 2.19 bits per heavy atom. The fourth-order valence-corrected chi connectivity index (χ4v) is 5.19. The second-order valence-electron chi connectivity index (χ2n) is 7.05. The molecule has 1 N–H and O–H groups in total. The molecule has 0 unspecified atom stereocenters. The number of thiophene rings is 1. The van der Waals surface area contributed by atoms with Gasteiger partial charge in [-0.3, -0.25) is 14.3 Å². The van der Waals surface area contributed by atoms with Gasteiger partial charge in [0, 0.05) is 43.0 Å². The van der Waals surface area contributed by atoms with Gasteiger partial charge < -0.3 is 14.8 Å². The summed E-state index contributed by atoms with van der Waals surface area (Å²) in [5.74, 6) is 1.09. The van der Waals surface area contributed by atoms with Crippen LogP contribution in [0.2, 0.25) is 0 Å². The maximum absolute atomic E-state index is 12.6. The van der Waals surface area contributed by atoms with Crippen LogP contribution in [0.4, 0.5) is 0 Å². The Morgan fingerprint density at radius 1 is 1.32 bits per heavy atom. The van der Waals surface area contributed by atoms with Gasteiger partial charge in [-0.1, -0.05) is 23.9 Å². The molecule has 1 aliphatic rings. The van der Waals surface area contributed by atoms with Gasteiger partial charge in [0.2, 0.25) is 5.91 Å². The molecule has 1 saturated heterocycles. The van der Waals surface area contributed by atoms with Gasteiger partial charge in [-0.2, -0.15) is 0 Å². The number of nitrogens with one attached hydrogen (secondary N) is 1. The zero-order valence-electron chi connectivity index (χ0n) is 17.4. The molecular weight excluding hydrogens is 432 g/mol. The minimum atomic E-state index is 0.00000722. The Balaban J connectivity index is 1.34. The van der Waals surface area contributed by atoms with Crippen molar-refractivity contribution in [1.82, 2.24) is 19.8 Å². The summed E-state index contributed by atoms with van der Waals surface area (Å²) in [6.45, 7) is 3.82. The van der Waals surface area contributed by atoms with Crippen LogP contribution >= 0.6 is 23.1 Å². The number of thioether (sulfide) groups is 1. The molecule has 1 amide bonds. The van der Waals surface area contributed by atoms with Crippen LogP contribution in [0.5, 0.6) is 5.75 Å². The normalized spacial score (nSPS) is 15.5. The van der Waals surface area contributed by atoms with Crippen molar-refractivity contribution in [3.8, 4) is 11.4 Å². The van der Waals surface area contributed by atoms with E-state index in [1.807, 2.05) is 35.0 Å². The number of rotatable bonds is 9. The van der Waals surface area contributed by atoms with Crippen LogP contribution in [-0.4, -0.2) is 66.1 Å². The molecule has 0 spiro atoms. The van der Waals surface area contributed by atoms with Crippen LogP contribution in [0.3, 0.4) is 0 Å². The largest absolute Gasteiger partial charge is 0.497 e. The van der Waals surface area contributed by atoms with Crippen LogP contribution in [0.15, 0.2) is 59.3 Å². The van der Waals surface area contributed by atoms with Crippen molar-refractivity contribution in [3.05, 3.63) is 59.0 Å². The minimum Gasteiger partial charge on any atom is -0.497 e. The first-order valence-electron chi connectivity index (χ1n) is 10.2. The fourth-order valence-electron chi connectivity index (χ4n) is 3.52. The van der Waals surface area contributed by atoms with E-state index in [1.54, 1.807) is 24.6 Å². The number of morpholine rings is 1. The topological polar surface area (TPSA) is 68.6 Å². The molecule has 2 aromatic heterocycles. The summed E-state index contributed by atoms with van der Waals surface area (Å²) >= 11 is 3.15. The number of hydrogen-bond donors (Lipinski definition) is 1. The number of amides is 1. The number of nitrogens with zero attached hydrogens (tertiary/aromatic N) is 3. The summed E-state index contributed by atoms with van der Waals surface area (Å²) in [5, 5.41) is 5.97. The third-order valence-corrected chi connectivity index (χ3v) is 7.06. The van der Waals surface area contributed by atoms with Gasteiger partial charge in [0.1, 0.15) is 5.75 Å². The number of hydrogen-bond acceptors (Lipinski definition) is 7. The zero-order valence-corrected chi connectivity index (χ0v) is 19.0. The monoisotopic (exact) mass is 458 g/mol. The van der Waals surface area contributed by atoms with Gasteiger partial charge in [-0.05, 0) is 23.6 Å². The number of carbonyl (C=O) groups is 1. The van der Waals surface area contributed by atoms with E-state index in [9.17, 15) is 4.79 Å². The lowest BCUT2D eigenvalue weighted by Gasteiger charge is -2.34. The molecule has 1 atom stereocenters. The van der Waals surface area contributed by atoms with E-state index in [0.29, 0.717) is 12.3 Å². The third-order valence-electron chi connectivity index (χ3n) is 5.12. The maximum atomic E-state index is 12.6. The van der Waals surface area contributed by atoms with Gasteiger partial charge in [-0.15, -0.1) is 11.3 Å². The molecule has 0 saturated carbocycles. The Morgan fingerprint density at radius 3 is 2.97 bits per heavy atom. The zero-order chi connectivity index (χ0) is 21.5. The molecule has 9 heteroatoms. The molecule has 31 heavy (non-hydrogen) atoms. The first kappa shape index (κ1) is 21.9. The van der Waals surface area contributed by atoms with Gasteiger partial charge >= 0.3 is 0 Å². The molecule has 3 aromatic rings. The number of carbonyl (C=O) groups excluding carboxylic acids is 1. The maximum Gasteiger partial charge on any atom is 0.230 e. The van der Waals surface area contributed by atoms with E-state index in [1.165, 1.54) is 16.6 Å². The second kappa shape index (κ2) is 10.8. The average molecular weight is 459 g/mol. The van der Waals surface area contributed by atoms with Crippen molar-refractivity contribution in [1.29, 1.82) is 0 Å². The molecule has 164 valence electrons. The molecular formula is C22H26N4O3S2. The average Bonchev–Trinajstić information content (AvgIpc) is 3.51. The summed E-state index contributed by atoms with van der Waals surface area (Å²) < 4.78 is 12.8. The first-order valence-corrected chi connectivity index (χ1v) is 12.0. The molecule has 1 aliphatic heterocycles. The summed E-state index contributed by atoms with van der Waals surface area (Å²) in [7, 11) is 1.65. The highest BCUT2D eigenvalue weighted by Crippen LogP contribution is 2.26. The summed E-state index contributed by atoms with van der Waals surface area (Å²) in [4.78, 5) is 20.7. The van der Waals surface area contributed by atoms with Crippen molar-refractivity contribution in [2.45, 2.75) is 11.2 Å². The lowest BCUT2D eigenvalue weighted by atomic mass is 10.2. The standard InChI is InChI=1S/C22H26N4O3S2/c1-28-18-5-2-4-17(14-18)26-8-7-23-22(26)31-16-21(27)24-15-19(20-6-3-13-30-20)25-9-11-29-12-10-25/h2-8,13-14,19H,9-12,15-16H2,1H3,(H,24,27)/t19-/m0/s1. The van der Waals surface area contributed by atoms with E-state index in [-0.39, 0.29) is 11.9 Å². The van der Waals surface area contributed by atoms with E-state index in [2.05, 4.69) is 32.7 Å². The van der Waals surface area contributed by atoms with Gasteiger partial charge in [-0.25, -0.2) is 4.98 Å². The van der Waals surface area contributed by atoms with Crippen molar-refractivity contribution < 1.29 is 14.3 Å². The number of ether oxygens (including phenoxy) is 2. The van der Waals surface area contributed by atoms with Gasteiger partial charge in [0.05, 0.1) is 37.8 Å². The summed E-state index contributed by atoms with van der Waals surface area (Å²) in [6, 6.07) is 12.1. The first-order chi connectivity index (χ1) is 15.2. The summed E-state index contributed by atoms with van der Waals surface area (Å²) in [5.41, 5.74) is 0.949. The molecule has 1 fully saturated rings. The highest BCUT2D eigenvalue weighted by molar-refractivity contribution is 7.99. The molecule has 0 radical (unpaired) electrons. The fraction of sp³-hybridized carbons (Fsp3) is 0.364. The predicted molar refractivity (Wildman–Crippen MR) is 123 cm³/mol. The van der Waals surface area contributed by atoms with Crippen LogP contribution in [0.1, 0.15) is 10.9 Å². The molecule has 0 bridgehead atoms. The van der Waals surface area contributed by atoms with E-state index in [0.717, 1.165) is 42.9 Å². The molecule has 7 nitrogen and oxygen atoms in total. The lowest BCUT2D eigenvalue weighted by Crippen LogP contribution is -2.43. The van der Waals surface area contributed by atoms with Crippen LogP contribution < -0.4 is 10.1 Å². The van der Waals surface area contributed by atoms with Crippen molar-refractivity contribution in [2.75, 3.05) is 45.7 Å². The number of imidazole rings is 1. The van der Waals surface area contributed by atoms with Crippen molar-refractivity contribution >= 4 is 29.0 Å². The summed E-state index contributed by atoms with van der Waals surface area (Å²) in [6.07, 6.45) is 3.63. The van der Waals surface area contributed by atoms with Crippen LogP contribution in [0, 0.1) is 0 Å². The highest BCUT2D eigenvalue weighted by atomic mass is 32.2. The number of benzene rings is 1. The minimum absolute atomic E-state index is 0.00000722. The van der Waals surface area contributed by atoms with Gasteiger partial charge in [0.25, 0.3) is 0 Å². The molecule has 1 aromatic carbocycles. The predicted octanol–water partition coefficient (Wildman–Crippen LogP) is 3.22. The Labute approximate surface area is 190 Å². The highest BCUT2D eigenvalue weighted by Gasteiger charge is 2.24. The smallest absolute Gasteiger partial charge is 0.230 e. The van der Waals surface area contributed by atoms with E-state index in [4.69, 9.17) is 9.47 Å². The van der Waals surface area contributed by atoms with Crippen molar-refractivity contribution in [2.24, 2.45) is 0 Å². The molecule has 4 rings (SSSR count). The lowest BCUT2D eigenvalue weighted by molar-refractivity contribution is -0.118. The van der Waals surface area contributed by atoms with E-state index >= 15 is 0 Å². The van der Waals surface area contributed by atoms with E-state index < -0.39 is 0 Å².